The largest absolute Gasteiger partial charge is 0.487 e. The topological polar surface area (TPSA) is 50.7 Å². The van der Waals surface area contributed by atoms with E-state index in [-0.39, 0.29) is 5.91 Å². The van der Waals surface area contributed by atoms with Gasteiger partial charge in [-0.2, -0.15) is 0 Å². The molecular weight excluding hydrogens is 451 g/mol. The second-order valence-corrected chi connectivity index (χ2v) is 8.73. The monoisotopic (exact) mass is 468 g/mol. The number of thioether (sulfide) groups is 1. The van der Waals surface area contributed by atoms with Gasteiger partial charge in [-0.1, -0.05) is 65.2 Å². The molecule has 0 bridgehead atoms. The quantitative estimate of drug-likeness (QED) is 0.420. The molecule has 1 aliphatic rings. The van der Waals surface area contributed by atoms with Crippen LogP contribution in [0.15, 0.2) is 76.6 Å². The van der Waals surface area contributed by atoms with E-state index in [0.717, 1.165) is 22.4 Å². The number of hydrogen-bond acceptors (Lipinski definition) is 4. The van der Waals surface area contributed by atoms with Crippen molar-refractivity contribution in [1.82, 2.24) is 5.32 Å². The number of aliphatic imine (C=N–C) groups is 1. The number of carbonyl (C=O) groups excluding carboxylic acids is 1. The van der Waals surface area contributed by atoms with Gasteiger partial charge in [-0.05, 0) is 60.7 Å². The second kappa shape index (κ2) is 9.60. The molecule has 0 radical (unpaired) electrons. The molecule has 1 aliphatic heterocycles. The molecule has 1 N–H and O–H groups in total. The Morgan fingerprint density at radius 1 is 1.03 bits per heavy atom. The van der Waals surface area contributed by atoms with Gasteiger partial charge in [-0.25, -0.2) is 4.99 Å². The zero-order chi connectivity index (χ0) is 21.8. The predicted octanol–water partition coefficient (Wildman–Crippen LogP) is 6.77. The van der Waals surface area contributed by atoms with Crippen LogP contribution in [0.4, 0.5) is 5.69 Å². The van der Waals surface area contributed by atoms with Gasteiger partial charge in [0.2, 0.25) is 0 Å². The molecule has 3 aromatic rings. The fraction of sp³-hybridized carbons (Fsp3) is 0.0833. The van der Waals surface area contributed by atoms with Gasteiger partial charge >= 0.3 is 0 Å². The van der Waals surface area contributed by atoms with E-state index >= 15 is 0 Å². The lowest BCUT2D eigenvalue weighted by atomic mass is 10.2. The minimum atomic E-state index is -0.189. The van der Waals surface area contributed by atoms with Crippen LogP contribution in [0.25, 0.3) is 6.08 Å². The molecule has 0 aromatic heterocycles. The third kappa shape index (κ3) is 5.50. The van der Waals surface area contributed by atoms with Crippen molar-refractivity contribution < 1.29 is 9.53 Å². The summed E-state index contributed by atoms with van der Waals surface area (Å²) < 4.78 is 5.80. The average Bonchev–Trinajstić information content (AvgIpc) is 3.09. The summed E-state index contributed by atoms with van der Waals surface area (Å²) in [6.45, 7) is 2.33. The molecule has 0 atom stereocenters. The van der Waals surface area contributed by atoms with Crippen molar-refractivity contribution in [3.63, 3.8) is 0 Å². The maximum absolute atomic E-state index is 12.3. The molecule has 4 nitrogen and oxygen atoms in total. The summed E-state index contributed by atoms with van der Waals surface area (Å²) in [4.78, 5) is 17.4. The zero-order valence-electron chi connectivity index (χ0n) is 16.6. The molecule has 7 heteroatoms. The molecule has 4 rings (SSSR count). The molecule has 31 heavy (non-hydrogen) atoms. The van der Waals surface area contributed by atoms with Crippen molar-refractivity contribution in [2.24, 2.45) is 4.99 Å². The molecule has 1 amide bonds. The molecule has 1 heterocycles. The summed E-state index contributed by atoms with van der Waals surface area (Å²) in [6, 6.07) is 20.7. The standard InChI is InChI=1S/C24H18Cl2N2O2S/c1-15-6-9-18(10-7-15)27-24-28-23(29)22(31-24)13-16-8-11-21(20(26)12-16)30-14-17-4-2-3-5-19(17)25/h2-13H,14H2,1H3,(H,27,28,29). The molecule has 0 spiro atoms. The number of amides is 1. The van der Waals surface area contributed by atoms with Crippen LogP contribution in [0.5, 0.6) is 5.75 Å². The third-order valence-corrected chi connectivity index (χ3v) is 6.08. The van der Waals surface area contributed by atoms with Gasteiger partial charge in [-0.3, -0.25) is 4.79 Å². The SMILES string of the molecule is Cc1ccc(N=C2NC(=O)C(=Cc3ccc(OCc4ccccc4Cl)c(Cl)c3)S2)cc1. The van der Waals surface area contributed by atoms with Gasteiger partial charge < -0.3 is 10.1 Å². The highest BCUT2D eigenvalue weighted by Crippen LogP contribution is 2.31. The van der Waals surface area contributed by atoms with Crippen molar-refractivity contribution in [3.05, 3.63) is 98.4 Å². The van der Waals surface area contributed by atoms with Gasteiger partial charge in [0.15, 0.2) is 5.17 Å². The molecule has 1 fully saturated rings. The van der Waals surface area contributed by atoms with Crippen LogP contribution in [-0.4, -0.2) is 11.1 Å². The number of benzene rings is 3. The summed E-state index contributed by atoms with van der Waals surface area (Å²) in [6.07, 6.45) is 1.78. The van der Waals surface area contributed by atoms with E-state index in [1.165, 1.54) is 11.8 Å². The summed E-state index contributed by atoms with van der Waals surface area (Å²) in [7, 11) is 0. The average molecular weight is 469 g/mol. The minimum absolute atomic E-state index is 0.189. The number of ether oxygens (including phenoxy) is 1. The van der Waals surface area contributed by atoms with Gasteiger partial charge in [0, 0.05) is 10.6 Å². The Labute approximate surface area is 194 Å². The van der Waals surface area contributed by atoms with E-state index in [2.05, 4.69) is 10.3 Å². The van der Waals surface area contributed by atoms with Crippen molar-refractivity contribution in [1.29, 1.82) is 0 Å². The van der Waals surface area contributed by atoms with E-state index in [1.54, 1.807) is 18.2 Å². The van der Waals surface area contributed by atoms with Crippen LogP contribution in [0.2, 0.25) is 10.0 Å². The highest BCUT2D eigenvalue weighted by molar-refractivity contribution is 8.18. The Bertz CT molecular complexity index is 1190. The van der Waals surface area contributed by atoms with Gasteiger partial charge in [0.25, 0.3) is 5.91 Å². The van der Waals surface area contributed by atoms with E-state index in [9.17, 15) is 4.79 Å². The molecule has 156 valence electrons. The van der Waals surface area contributed by atoms with Crippen LogP contribution in [0.3, 0.4) is 0 Å². The highest BCUT2D eigenvalue weighted by atomic mass is 35.5. The lowest BCUT2D eigenvalue weighted by Crippen LogP contribution is -2.19. The number of halogens is 2. The van der Waals surface area contributed by atoms with Crippen LogP contribution in [0, 0.1) is 6.92 Å². The summed E-state index contributed by atoms with van der Waals surface area (Å²) in [5, 5.41) is 4.44. The Balaban J connectivity index is 1.46. The van der Waals surface area contributed by atoms with Crippen LogP contribution in [-0.2, 0) is 11.4 Å². The summed E-state index contributed by atoms with van der Waals surface area (Å²) in [5.41, 5.74) is 3.62. The Morgan fingerprint density at radius 3 is 2.55 bits per heavy atom. The number of aryl methyl sites for hydroxylation is 1. The van der Waals surface area contributed by atoms with Crippen LogP contribution in [0.1, 0.15) is 16.7 Å². The molecule has 1 saturated heterocycles. The first-order chi connectivity index (χ1) is 15.0. The first-order valence-corrected chi connectivity index (χ1v) is 11.1. The number of carbonyl (C=O) groups is 1. The molecule has 0 aliphatic carbocycles. The first-order valence-electron chi connectivity index (χ1n) is 9.50. The van der Waals surface area contributed by atoms with E-state index in [0.29, 0.717) is 32.5 Å². The minimum Gasteiger partial charge on any atom is -0.487 e. The maximum Gasteiger partial charge on any atom is 0.264 e. The fourth-order valence-corrected chi connectivity index (χ4v) is 4.14. The Morgan fingerprint density at radius 2 is 1.81 bits per heavy atom. The number of hydrogen-bond donors (Lipinski definition) is 1. The molecule has 0 saturated carbocycles. The first kappa shape index (κ1) is 21.5. The lowest BCUT2D eigenvalue weighted by Gasteiger charge is -2.10. The summed E-state index contributed by atoms with van der Waals surface area (Å²) >= 11 is 13.8. The Kier molecular flexibility index (Phi) is 6.66. The van der Waals surface area contributed by atoms with E-state index in [4.69, 9.17) is 27.9 Å². The van der Waals surface area contributed by atoms with Gasteiger partial charge in [0.1, 0.15) is 12.4 Å². The van der Waals surface area contributed by atoms with Gasteiger partial charge in [0.05, 0.1) is 15.6 Å². The normalized spacial score (nSPS) is 16.0. The maximum atomic E-state index is 12.3. The third-order valence-electron chi connectivity index (χ3n) is 4.51. The lowest BCUT2D eigenvalue weighted by molar-refractivity contribution is -0.115. The van der Waals surface area contributed by atoms with Gasteiger partial charge in [-0.15, -0.1) is 0 Å². The number of nitrogens with zero attached hydrogens (tertiary/aromatic N) is 1. The Hall–Kier alpha value is -2.73. The number of amidine groups is 1. The number of nitrogens with one attached hydrogen (secondary N) is 1. The number of rotatable bonds is 5. The zero-order valence-corrected chi connectivity index (χ0v) is 18.9. The highest BCUT2D eigenvalue weighted by Gasteiger charge is 2.23. The fourth-order valence-electron chi connectivity index (χ4n) is 2.86. The van der Waals surface area contributed by atoms with Crippen LogP contribution < -0.4 is 10.1 Å². The van der Waals surface area contributed by atoms with Crippen molar-refractivity contribution in [3.8, 4) is 5.75 Å². The second-order valence-electron chi connectivity index (χ2n) is 6.89. The van der Waals surface area contributed by atoms with Crippen molar-refractivity contribution >= 4 is 57.8 Å². The van der Waals surface area contributed by atoms with Crippen LogP contribution >= 0.6 is 35.0 Å². The van der Waals surface area contributed by atoms with E-state index in [1.807, 2.05) is 61.5 Å². The van der Waals surface area contributed by atoms with E-state index < -0.39 is 0 Å². The summed E-state index contributed by atoms with van der Waals surface area (Å²) in [5.74, 6) is 0.361. The molecule has 0 unspecified atom stereocenters. The molecular formula is C24H18Cl2N2O2S. The molecule has 3 aromatic carbocycles. The smallest absolute Gasteiger partial charge is 0.264 e. The van der Waals surface area contributed by atoms with Crippen molar-refractivity contribution in [2.75, 3.05) is 0 Å². The van der Waals surface area contributed by atoms with Crippen molar-refractivity contribution in [2.45, 2.75) is 13.5 Å². The predicted molar refractivity (Wildman–Crippen MR) is 129 cm³/mol.